The number of anilines is 1. The van der Waals surface area contributed by atoms with Gasteiger partial charge in [-0.15, -0.1) is 0 Å². The summed E-state index contributed by atoms with van der Waals surface area (Å²) in [5.41, 5.74) is 10.6. The van der Waals surface area contributed by atoms with Crippen molar-refractivity contribution in [3.63, 3.8) is 0 Å². The second-order valence-corrected chi connectivity index (χ2v) is 7.07. The van der Waals surface area contributed by atoms with Gasteiger partial charge in [0, 0.05) is 16.5 Å². The Morgan fingerprint density at radius 2 is 1.44 bits per heavy atom. The van der Waals surface area contributed by atoms with E-state index in [2.05, 4.69) is 37.3 Å². The summed E-state index contributed by atoms with van der Waals surface area (Å²) in [6.45, 7) is 2.27. The predicted octanol–water partition coefficient (Wildman–Crippen LogP) is 6.65. The maximum absolute atomic E-state index is 6.31. The molecule has 25 heavy (non-hydrogen) atoms. The molecule has 1 aromatic heterocycles. The van der Waals surface area contributed by atoms with Crippen LogP contribution in [-0.4, -0.2) is 4.98 Å². The van der Waals surface area contributed by atoms with E-state index in [4.69, 9.17) is 10.7 Å². The van der Waals surface area contributed by atoms with Crippen molar-refractivity contribution in [3.8, 4) is 0 Å². The Morgan fingerprint density at radius 1 is 0.760 bits per heavy atom. The molecular weight excluding hydrogens is 304 g/mol. The number of unbranched alkanes of at least 4 members (excludes halogenated alkanes) is 7. The lowest BCUT2D eigenvalue weighted by Gasteiger charge is -2.12. The van der Waals surface area contributed by atoms with Crippen LogP contribution in [0.25, 0.3) is 21.8 Å². The van der Waals surface area contributed by atoms with E-state index >= 15 is 0 Å². The van der Waals surface area contributed by atoms with Gasteiger partial charge in [-0.05, 0) is 36.6 Å². The second-order valence-electron chi connectivity index (χ2n) is 7.07. The number of nitrogens with zero attached hydrogens (tertiary/aromatic N) is 1. The van der Waals surface area contributed by atoms with E-state index in [0.717, 1.165) is 28.5 Å². The van der Waals surface area contributed by atoms with Gasteiger partial charge >= 0.3 is 0 Å². The van der Waals surface area contributed by atoms with Crippen molar-refractivity contribution < 1.29 is 0 Å². The highest BCUT2D eigenvalue weighted by atomic mass is 14.7. The highest BCUT2D eigenvalue weighted by molar-refractivity contribution is 6.02. The molecule has 0 spiro atoms. The number of rotatable bonds is 9. The Hall–Kier alpha value is -2.09. The van der Waals surface area contributed by atoms with Gasteiger partial charge in [-0.2, -0.15) is 0 Å². The highest BCUT2D eigenvalue weighted by Gasteiger charge is 2.10. The third-order valence-electron chi connectivity index (χ3n) is 5.13. The van der Waals surface area contributed by atoms with Gasteiger partial charge in [0.1, 0.15) is 0 Å². The van der Waals surface area contributed by atoms with Crippen LogP contribution in [-0.2, 0) is 6.42 Å². The van der Waals surface area contributed by atoms with E-state index in [9.17, 15) is 0 Å². The molecule has 0 radical (unpaired) electrons. The molecule has 0 saturated heterocycles. The molecule has 0 aliphatic carbocycles. The van der Waals surface area contributed by atoms with Gasteiger partial charge in [-0.25, -0.2) is 4.98 Å². The van der Waals surface area contributed by atoms with Crippen LogP contribution in [0.1, 0.15) is 63.9 Å². The summed E-state index contributed by atoms with van der Waals surface area (Å²) in [6, 6.07) is 14.5. The molecule has 3 aromatic rings. The molecule has 3 rings (SSSR count). The molecule has 0 aliphatic heterocycles. The molecule has 2 heteroatoms. The van der Waals surface area contributed by atoms with Crippen molar-refractivity contribution in [1.82, 2.24) is 4.98 Å². The van der Waals surface area contributed by atoms with Crippen LogP contribution >= 0.6 is 0 Å². The lowest BCUT2D eigenvalue weighted by molar-refractivity contribution is 0.576. The lowest BCUT2D eigenvalue weighted by atomic mass is 9.96. The average Bonchev–Trinajstić information content (AvgIpc) is 2.63. The van der Waals surface area contributed by atoms with Gasteiger partial charge in [0.05, 0.1) is 11.0 Å². The summed E-state index contributed by atoms with van der Waals surface area (Å²) in [7, 11) is 0. The van der Waals surface area contributed by atoms with E-state index in [-0.39, 0.29) is 0 Å². The first-order chi connectivity index (χ1) is 12.3. The number of benzene rings is 2. The minimum absolute atomic E-state index is 0.852. The zero-order valence-electron chi connectivity index (χ0n) is 15.4. The van der Waals surface area contributed by atoms with Crippen LogP contribution in [0.15, 0.2) is 42.5 Å². The van der Waals surface area contributed by atoms with Crippen LogP contribution in [0, 0.1) is 0 Å². The first kappa shape index (κ1) is 17.7. The molecule has 0 amide bonds. The maximum atomic E-state index is 6.31. The van der Waals surface area contributed by atoms with E-state index in [1.165, 1.54) is 62.3 Å². The van der Waals surface area contributed by atoms with E-state index < -0.39 is 0 Å². The Kier molecular flexibility index (Phi) is 6.27. The Bertz CT molecular complexity index is 823. The molecule has 0 saturated carbocycles. The molecule has 0 bridgehead atoms. The monoisotopic (exact) mass is 334 g/mol. The van der Waals surface area contributed by atoms with Gasteiger partial charge in [0.2, 0.25) is 0 Å². The van der Waals surface area contributed by atoms with Crippen molar-refractivity contribution in [2.45, 2.75) is 64.7 Å². The second kappa shape index (κ2) is 8.84. The number of fused-ring (bicyclic) bond motifs is 2. The molecule has 0 fully saturated rings. The highest BCUT2D eigenvalue weighted by Crippen LogP contribution is 2.31. The Labute approximate surface area is 151 Å². The molecule has 2 aromatic carbocycles. The molecule has 1 heterocycles. The predicted molar refractivity (Wildman–Crippen MR) is 110 cm³/mol. The number of hydrogen-bond donors (Lipinski definition) is 1. The lowest BCUT2D eigenvalue weighted by Crippen LogP contribution is -1.97. The van der Waals surface area contributed by atoms with Crippen molar-refractivity contribution in [2.75, 3.05) is 5.73 Å². The quantitative estimate of drug-likeness (QED) is 0.270. The smallest absolute Gasteiger partial charge is 0.0733 e. The molecule has 0 aliphatic rings. The van der Waals surface area contributed by atoms with E-state index in [0.29, 0.717) is 0 Å². The average molecular weight is 335 g/mol. The van der Waals surface area contributed by atoms with Crippen molar-refractivity contribution in [1.29, 1.82) is 0 Å². The first-order valence-electron chi connectivity index (χ1n) is 9.87. The molecule has 2 N–H and O–H groups in total. The molecular formula is C23H30N2. The minimum atomic E-state index is 0.852. The molecule has 0 atom stereocenters. The Morgan fingerprint density at radius 3 is 2.24 bits per heavy atom. The summed E-state index contributed by atoms with van der Waals surface area (Å²) in [4.78, 5) is 4.81. The third kappa shape index (κ3) is 4.31. The standard InChI is InChI=1S/C23H30N2/c1-2-3-4-5-6-7-8-9-14-19-18-13-10-11-16-21(18)25-22-17-12-15-20(24)23(19)22/h10-13,15-17H,2-9,14,24H2,1H3. The van der Waals surface area contributed by atoms with E-state index in [1.54, 1.807) is 0 Å². The van der Waals surface area contributed by atoms with Gasteiger partial charge in [-0.1, -0.05) is 76.1 Å². The zero-order chi connectivity index (χ0) is 17.5. The molecule has 2 nitrogen and oxygen atoms in total. The summed E-state index contributed by atoms with van der Waals surface area (Å²) in [5.74, 6) is 0. The van der Waals surface area contributed by atoms with Crippen molar-refractivity contribution in [2.24, 2.45) is 0 Å². The summed E-state index contributed by atoms with van der Waals surface area (Å²) in [6.07, 6.45) is 11.8. The van der Waals surface area contributed by atoms with Gasteiger partial charge in [0.15, 0.2) is 0 Å². The number of hydrogen-bond acceptors (Lipinski definition) is 2. The van der Waals surface area contributed by atoms with Crippen LogP contribution in [0.2, 0.25) is 0 Å². The molecule has 132 valence electrons. The van der Waals surface area contributed by atoms with Gasteiger partial charge < -0.3 is 5.73 Å². The summed E-state index contributed by atoms with van der Waals surface area (Å²) in [5, 5.41) is 2.42. The Balaban J connectivity index is 1.73. The third-order valence-corrected chi connectivity index (χ3v) is 5.13. The minimum Gasteiger partial charge on any atom is -0.398 e. The maximum Gasteiger partial charge on any atom is 0.0733 e. The van der Waals surface area contributed by atoms with Crippen molar-refractivity contribution in [3.05, 3.63) is 48.0 Å². The SMILES string of the molecule is CCCCCCCCCCc1c2ccccc2nc2cccc(N)c12. The first-order valence-corrected chi connectivity index (χ1v) is 9.87. The van der Waals surface area contributed by atoms with Crippen LogP contribution < -0.4 is 5.73 Å². The number of nitrogen functional groups attached to an aromatic ring is 1. The fraction of sp³-hybridized carbons (Fsp3) is 0.435. The zero-order valence-corrected chi connectivity index (χ0v) is 15.4. The fourth-order valence-electron chi connectivity index (χ4n) is 3.77. The number of para-hydroxylation sites is 1. The summed E-state index contributed by atoms with van der Waals surface area (Å²) >= 11 is 0. The normalized spacial score (nSPS) is 11.4. The van der Waals surface area contributed by atoms with E-state index in [1.807, 2.05) is 12.1 Å². The number of pyridine rings is 1. The van der Waals surface area contributed by atoms with Gasteiger partial charge in [-0.3, -0.25) is 0 Å². The number of aromatic nitrogens is 1. The van der Waals surface area contributed by atoms with Crippen LogP contribution in [0.5, 0.6) is 0 Å². The van der Waals surface area contributed by atoms with Gasteiger partial charge in [0.25, 0.3) is 0 Å². The largest absolute Gasteiger partial charge is 0.398 e. The van der Waals surface area contributed by atoms with Crippen molar-refractivity contribution >= 4 is 27.5 Å². The number of nitrogens with two attached hydrogens (primary N) is 1. The van der Waals surface area contributed by atoms with Crippen LogP contribution in [0.3, 0.4) is 0 Å². The molecule has 0 unspecified atom stereocenters. The van der Waals surface area contributed by atoms with Crippen LogP contribution in [0.4, 0.5) is 5.69 Å². The topological polar surface area (TPSA) is 38.9 Å². The number of aryl methyl sites for hydroxylation is 1. The summed E-state index contributed by atoms with van der Waals surface area (Å²) < 4.78 is 0. The fourth-order valence-corrected chi connectivity index (χ4v) is 3.77.